The van der Waals surface area contributed by atoms with E-state index in [0.29, 0.717) is 29.3 Å². The van der Waals surface area contributed by atoms with Crippen LogP contribution in [0.3, 0.4) is 0 Å². The van der Waals surface area contributed by atoms with Crippen molar-refractivity contribution in [3.63, 3.8) is 0 Å². The maximum atomic E-state index is 14.1. The molecule has 2 heterocycles. The fourth-order valence-corrected chi connectivity index (χ4v) is 4.73. The van der Waals surface area contributed by atoms with Crippen LogP contribution >= 0.6 is 23.1 Å². The van der Waals surface area contributed by atoms with Gasteiger partial charge in [-0.25, -0.2) is 18.7 Å². The number of hydrogen-bond donors (Lipinski definition) is 0. The van der Waals surface area contributed by atoms with Gasteiger partial charge < -0.3 is 4.57 Å². The average molecular weight is 445 g/mol. The second-order valence-corrected chi connectivity index (χ2v) is 8.58. The molecule has 154 valence electrons. The summed E-state index contributed by atoms with van der Waals surface area (Å²) in [6, 6.07) is 10.8. The van der Waals surface area contributed by atoms with E-state index in [2.05, 4.69) is 9.97 Å². The second-order valence-electron chi connectivity index (χ2n) is 6.53. The first-order valence-corrected chi connectivity index (χ1v) is 11.1. The number of carbonyl (C=O) groups excluding carboxylic acids is 1. The maximum absolute atomic E-state index is 14.1. The number of halogens is 2. The molecular weight excluding hydrogens is 426 g/mol. The number of imidazole rings is 1. The summed E-state index contributed by atoms with van der Waals surface area (Å²) in [5.74, 6) is -0.672. The van der Waals surface area contributed by atoms with Crippen molar-refractivity contribution in [2.24, 2.45) is 0 Å². The molecule has 0 bridgehead atoms. The first kappa shape index (κ1) is 20.5. The molecule has 0 fully saturated rings. The van der Waals surface area contributed by atoms with Gasteiger partial charge in [0.25, 0.3) is 0 Å². The fraction of sp³-hybridized carbons (Fsp3) is 0.190. The van der Waals surface area contributed by atoms with Crippen LogP contribution < -0.4 is 4.90 Å². The molecule has 0 aliphatic heterocycles. The predicted molar refractivity (Wildman–Crippen MR) is 116 cm³/mol. The Morgan fingerprint density at radius 2 is 2.00 bits per heavy atom. The van der Waals surface area contributed by atoms with E-state index in [4.69, 9.17) is 0 Å². The SMILES string of the molecule is O=C(CSc1ccc(F)cc1)N(CCCn1ccnc1)c1nc2c(F)cccc2s1. The molecule has 0 spiro atoms. The van der Waals surface area contributed by atoms with Crippen molar-refractivity contribution in [1.82, 2.24) is 14.5 Å². The Morgan fingerprint density at radius 3 is 2.73 bits per heavy atom. The summed E-state index contributed by atoms with van der Waals surface area (Å²) >= 11 is 2.63. The Balaban J connectivity index is 1.51. The van der Waals surface area contributed by atoms with Crippen LogP contribution in [-0.4, -0.2) is 32.7 Å². The summed E-state index contributed by atoms with van der Waals surface area (Å²) in [4.78, 5) is 23.8. The van der Waals surface area contributed by atoms with Crippen molar-refractivity contribution in [3.8, 4) is 0 Å². The lowest BCUT2D eigenvalue weighted by molar-refractivity contribution is -0.116. The van der Waals surface area contributed by atoms with Crippen molar-refractivity contribution in [2.45, 2.75) is 17.9 Å². The maximum Gasteiger partial charge on any atom is 0.239 e. The quantitative estimate of drug-likeness (QED) is 0.360. The highest BCUT2D eigenvalue weighted by Gasteiger charge is 2.20. The predicted octanol–water partition coefficient (Wildman–Crippen LogP) is 4.99. The number of carbonyl (C=O) groups is 1. The van der Waals surface area contributed by atoms with Gasteiger partial charge in [-0.1, -0.05) is 17.4 Å². The molecular formula is C21H18F2N4OS2. The summed E-state index contributed by atoms with van der Waals surface area (Å²) < 4.78 is 29.8. The van der Waals surface area contributed by atoms with Crippen LogP contribution in [0.15, 0.2) is 66.1 Å². The molecule has 0 saturated carbocycles. The number of aromatic nitrogens is 3. The Labute approximate surface area is 180 Å². The molecule has 0 unspecified atom stereocenters. The number of para-hydroxylation sites is 1. The van der Waals surface area contributed by atoms with Crippen molar-refractivity contribution < 1.29 is 13.6 Å². The third-order valence-electron chi connectivity index (χ3n) is 4.42. The van der Waals surface area contributed by atoms with Crippen molar-refractivity contribution >= 4 is 44.4 Å². The van der Waals surface area contributed by atoms with Gasteiger partial charge in [0.15, 0.2) is 5.13 Å². The third-order valence-corrected chi connectivity index (χ3v) is 6.46. The highest BCUT2D eigenvalue weighted by atomic mass is 32.2. The van der Waals surface area contributed by atoms with Crippen LogP contribution in [0.25, 0.3) is 10.2 Å². The van der Waals surface area contributed by atoms with Gasteiger partial charge in [-0.2, -0.15) is 0 Å². The topological polar surface area (TPSA) is 51.0 Å². The monoisotopic (exact) mass is 444 g/mol. The van der Waals surface area contributed by atoms with Crippen LogP contribution in [-0.2, 0) is 11.3 Å². The molecule has 4 rings (SSSR count). The molecule has 0 atom stereocenters. The number of thioether (sulfide) groups is 1. The van der Waals surface area contributed by atoms with Crippen LogP contribution in [0.1, 0.15) is 6.42 Å². The first-order chi connectivity index (χ1) is 14.6. The minimum Gasteiger partial charge on any atom is -0.337 e. The third kappa shape index (κ3) is 4.85. The van der Waals surface area contributed by atoms with Crippen molar-refractivity contribution in [2.75, 3.05) is 17.2 Å². The number of anilines is 1. The summed E-state index contributed by atoms with van der Waals surface area (Å²) in [5.41, 5.74) is 0.274. The molecule has 2 aromatic carbocycles. The Hall–Kier alpha value is -2.78. The van der Waals surface area contributed by atoms with Gasteiger partial charge in [-0.05, 0) is 42.8 Å². The van der Waals surface area contributed by atoms with Crippen molar-refractivity contribution in [3.05, 3.63) is 72.8 Å². The van der Waals surface area contributed by atoms with Gasteiger partial charge in [0.05, 0.1) is 16.8 Å². The lowest BCUT2D eigenvalue weighted by Gasteiger charge is -2.20. The summed E-state index contributed by atoms with van der Waals surface area (Å²) in [5, 5.41) is 0.477. The van der Waals surface area contributed by atoms with E-state index in [9.17, 15) is 13.6 Å². The zero-order chi connectivity index (χ0) is 20.9. The molecule has 2 aromatic heterocycles. The number of aryl methyl sites for hydroxylation is 1. The van der Waals surface area contributed by atoms with E-state index in [-0.39, 0.29) is 23.0 Å². The van der Waals surface area contributed by atoms with E-state index in [1.807, 2.05) is 10.8 Å². The van der Waals surface area contributed by atoms with E-state index >= 15 is 0 Å². The molecule has 9 heteroatoms. The van der Waals surface area contributed by atoms with Crippen LogP contribution in [0.4, 0.5) is 13.9 Å². The fourth-order valence-electron chi connectivity index (χ4n) is 2.93. The van der Waals surface area contributed by atoms with Gasteiger partial charge in [0, 0.05) is 30.4 Å². The van der Waals surface area contributed by atoms with Gasteiger partial charge in [0.2, 0.25) is 5.91 Å². The number of benzene rings is 2. The average Bonchev–Trinajstić information content (AvgIpc) is 3.41. The Morgan fingerprint density at radius 1 is 1.17 bits per heavy atom. The normalized spacial score (nSPS) is 11.1. The van der Waals surface area contributed by atoms with E-state index in [1.54, 1.807) is 41.7 Å². The van der Waals surface area contributed by atoms with Gasteiger partial charge >= 0.3 is 0 Å². The zero-order valence-electron chi connectivity index (χ0n) is 15.9. The number of hydrogen-bond acceptors (Lipinski definition) is 5. The molecule has 30 heavy (non-hydrogen) atoms. The van der Waals surface area contributed by atoms with E-state index < -0.39 is 5.82 Å². The Bertz CT molecular complexity index is 1130. The highest BCUT2D eigenvalue weighted by molar-refractivity contribution is 8.00. The van der Waals surface area contributed by atoms with Crippen LogP contribution in [0.2, 0.25) is 0 Å². The van der Waals surface area contributed by atoms with E-state index in [1.165, 1.54) is 41.3 Å². The summed E-state index contributed by atoms with van der Waals surface area (Å²) in [7, 11) is 0. The molecule has 4 aromatic rings. The standard InChI is InChI=1S/C21H18F2N4OS2/c22-15-5-7-16(8-6-15)29-13-19(28)27(11-2-10-26-12-9-24-14-26)21-25-20-17(23)3-1-4-18(20)30-21/h1,3-9,12,14H,2,10-11,13H2. The molecule has 0 aliphatic rings. The number of fused-ring (bicyclic) bond motifs is 1. The minimum atomic E-state index is -0.401. The molecule has 0 aliphatic carbocycles. The van der Waals surface area contributed by atoms with Gasteiger partial charge in [-0.3, -0.25) is 9.69 Å². The number of rotatable bonds is 8. The van der Waals surface area contributed by atoms with E-state index in [0.717, 1.165) is 4.90 Å². The molecule has 0 radical (unpaired) electrons. The minimum absolute atomic E-state index is 0.130. The molecule has 5 nitrogen and oxygen atoms in total. The number of thiazole rings is 1. The largest absolute Gasteiger partial charge is 0.337 e. The zero-order valence-corrected chi connectivity index (χ0v) is 17.5. The highest BCUT2D eigenvalue weighted by Crippen LogP contribution is 2.31. The first-order valence-electron chi connectivity index (χ1n) is 9.30. The van der Waals surface area contributed by atoms with Crippen LogP contribution in [0, 0.1) is 11.6 Å². The van der Waals surface area contributed by atoms with Gasteiger partial charge in [0.1, 0.15) is 17.2 Å². The summed E-state index contributed by atoms with van der Waals surface area (Å²) in [6.45, 7) is 1.15. The van der Waals surface area contributed by atoms with Gasteiger partial charge in [-0.15, -0.1) is 11.8 Å². The second kappa shape index (κ2) is 9.36. The summed E-state index contributed by atoms with van der Waals surface area (Å²) in [6.07, 6.45) is 5.99. The van der Waals surface area contributed by atoms with Crippen LogP contribution in [0.5, 0.6) is 0 Å². The number of nitrogens with zero attached hydrogens (tertiary/aromatic N) is 4. The lowest BCUT2D eigenvalue weighted by atomic mass is 10.3. The molecule has 1 amide bonds. The lowest BCUT2D eigenvalue weighted by Crippen LogP contribution is -2.33. The van der Waals surface area contributed by atoms with Crippen molar-refractivity contribution in [1.29, 1.82) is 0 Å². The smallest absolute Gasteiger partial charge is 0.239 e. The number of amides is 1. The molecule has 0 saturated heterocycles. The molecule has 0 N–H and O–H groups in total. The Kier molecular flexibility index (Phi) is 6.39.